The number of hydrogen-bond donors (Lipinski definition) is 0. The molecule has 1 aliphatic heterocycles. The van der Waals surface area contributed by atoms with E-state index in [0.29, 0.717) is 5.92 Å². The normalized spacial score (nSPS) is 12.4. The number of benzene rings is 10. The number of anilines is 3. The Bertz CT molecular complexity index is 4650. The topological polar surface area (TPSA) is 39.4 Å². The number of hydrogen-bond acceptors (Lipinski definition) is 5. The number of aromatic nitrogens is 3. The number of rotatable bonds is 13. The van der Waals surface area contributed by atoms with E-state index in [2.05, 4.69) is 362 Å². The molecule has 0 spiro atoms. The van der Waals surface area contributed by atoms with Crippen molar-refractivity contribution in [2.45, 2.75) is 80.4 Å². The molecule has 456 valence electrons. The van der Waals surface area contributed by atoms with E-state index in [1.54, 1.807) is 0 Å². The molecule has 92 heavy (non-hydrogen) atoms. The van der Waals surface area contributed by atoms with E-state index in [0.717, 1.165) is 41.4 Å². The first-order chi connectivity index (χ1) is 44.8. The summed E-state index contributed by atoms with van der Waals surface area (Å²) >= 11 is 0. The van der Waals surface area contributed by atoms with Crippen LogP contribution in [0.3, 0.4) is 0 Å². The van der Waals surface area contributed by atoms with E-state index >= 15 is 0 Å². The lowest BCUT2D eigenvalue weighted by Gasteiger charge is -2.28. The molecule has 10 aromatic carbocycles. The van der Waals surface area contributed by atoms with Gasteiger partial charge in [0.2, 0.25) is 0 Å². The summed E-state index contributed by atoms with van der Waals surface area (Å²) in [6.07, 6.45) is 0. The van der Waals surface area contributed by atoms with Crippen LogP contribution in [0.15, 0.2) is 273 Å². The maximum atomic E-state index is 4.99. The Labute approximate surface area is 545 Å². The quantitative estimate of drug-likeness (QED) is 0.0850. The van der Waals surface area contributed by atoms with Gasteiger partial charge in [0.25, 0.3) is 0 Å². The lowest BCUT2D eigenvalue weighted by molar-refractivity contribution is -0.619. The van der Waals surface area contributed by atoms with E-state index in [9.17, 15) is 0 Å². The summed E-state index contributed by atoms with van der Waals surface area (Å²) in [6.45, 7) is 21.4. The van der Waals surface area contributed by atoms with Gasteiger partial charge in [0.05, 0.1) is 41.9 Å². The molecule has 6 heteroatoms. The van der Waals surface area contributed by atoms with Crippen molar-refractivity contribution in [2.24, 2.45) is 0 Å². The monoisotopic (exact) mass is 1200 g/mol. The predicted molar refractivity (Wildman–Crippen MR) is 388 cm³/mol. The molecule has 0 fully saturated rings. The van der Waals surface area contributed by atoms with Crippen LogP contribution in [0.1, 0.15) is 87.4 Å². The van der Waals surface area contributed by atoms with Crippen molar-refractivity contribution in [3.05, 3.63) is 341 Å². The van der Waals surface area contributed by atoms with Crippen LogP contribution in [0.5, 0.6) is 0 Å². The van der Waals surface area contributed by atoms with Crippen molar-refractivity contribution >= 4 is 38.6 Å². The minimum atomic E-state index is 0.0243. The molecule has 13 aromatic rings. The van der Waals surface area contributed by atoms with Gasteiger partial charge in [-0.15, -0.1) is 0 Å². The molecule has 0 N–H and O–H groups in total. The molecule has 0 bridgehead atoms. The van der Waals surface area contributed by atoms with Gasteiger partial charge in [-0.05, 0) is 168 Å². The molecule has 1 atom stereocenters. The van der Waals surface area contributed by atoms with E-state index in [4.69, 9.17) is 9.97 Å². The molecular formula is C86H82N6. The van der Waals surface area contributed by atoms with Gasteiger partial charge >= 0.3 is 0 Å². The molecule has 4 heterocycles. The molecule has 3 aromatic heterocycles. The molecule has 1 unspecified atom stereocenters. The second-order valence-electron chi connectivity index (χ2n) is 25.0. The van der Waals surface area contributed by atoms with Gasteiger partial charge in [0, 0.05) is 42.3 Å². The number of pyridine rings is 3. The zero-order valence-corrected chi connectivity index (χ0v) is 54.8. The van der Waals surface area contributed by atoms with E-state index < -0.39 is 0 Å². The highest BCUT2D eigenvalue weighted by atomic mass is 15.3. The highest BCUT2D eigenvalue weighted by Crippen LogP contribution is 2.42. The van der Waals surface area contributed by atoms with Crippen molar-refractivity contribution in [3.63, 3.8) is 0 Å². The van der Waals surface area contributed by atoms with Crippen molar-refractivity contribution in [3.8, 4) is 44.9 Å². The Hall–Kier alpha value is -10.6. The van der Waals surface area contributed by atoms with Crippen LogP contribution in [0.2, 0.25) is 0 Å². The van der Waals surface area contributed by atoms with E-state index in [1.807, 2.05) is 6.07 Å². The van der Waals surface area contributed by atoms with Crippen LogP contribution in [-0.2, 0) is 13.1 Å². The minimum Gasteiger partial charge on any atom is -0.368 e. The van der Waals surface area contributed by atoms with Crippen LogP contribution in [0, 0.1) is 48.2 Å². The van der Waals surface area contributed by atoms with Crippen LogP contribution >= 0.6 is 0 Å². The third-order valence-electron chi connectivity index (χ3n) is 17.7. The summed E-state index contributed by atoms with van der Waals surface area (Å²) in [5, 5.41) is 5.01. The van der Waals surface area contributed by atoms with Gasteiger partial charge in [-0.2, -0.15) is 0 Å². The summed E-state index contributed by atoms with van der Waals surface area (Å²) in [5.41, 5.74) is 27.0. The maximum absolute atomic E-state index is 4.99. The van der Waals surface area contributed by atoms with Gasteiger partial charge in [-0.3, -0.25) is 9.97 Å². The second kappa shape index (κ2) is 27.7. The fourth-order valence-electron chi connectivity index (χ4n) is 13.8. The van der Waals surface area contributed by atoms with Crippen LogP contribution in [0.25, 0.3) is 66.4 Å². The van der Waals surface area contributed by atoms with Crippen LogP contribution in [-0.4, -0.2) is 24.1 Å². The molecule has 0 aliphatic carbocycles. The second-order valence-corrected chi connectivity index (χ2v) is 25.0. The maximum Gasteiger partial charge on any atom is 0.145 e. The molecule has 0 saturated carbocycles. The minimum absolute atomic E-state index is 0.0243. The zero-order valence-electron chi connectivity index (χ0n) is 54.8. The largest absolute Gasteiger partial charge is 0.368 e. The SMILES string of the molecule is CC(C)c1ccc(N2[CH-][n+]3c(-c4cccc5ccccc45)cccc3C2c2ccccc2-c2ccccc2)cc1.Cc1cc(C)c(N(C)Cc2cccc(-c3cccc4ccccc34)n2)c(C)c1.Cc1cc(C)c(N(C)Cc2cccc(-c3ccccc3)n2)c(C)c1. The average molecular weight is 1200 g/mol. The molecule has 1 aliphatic rings. The Kier molecular flexibility index (Phi) is 18.5. The molecule has 6 nitrogen and oxygen atoms in total. The Morgan fingerprint density at radius 2 is 0.870 bits per heavy atom. The first kappa shape index (κ1) is 61.7. The zero-order chi connectivity index (χ0) is 63.8. The number of fused-ring (bicyclic) bond motifs is 3. The average Bonchev–Trinajstić information content (AvgIpc) is 1.58. The van der Waals surface area contributed by atoms with E-state index in [1.165, 1.54) is 117 Å². The van der Waals surface area contributed by atoms with Crippen molar-refractivity contribution < 1.29 is 4.57 Å². The van der Waals surface area contributed by atoms with Crippen LogP contribution in [0.4, 0.5) is 17.1 Å². The van der Waals surface area contributed by atoms with Gasteiger partial charge in [-0.1, -0.05) is 249 Å². The van der Waals surface area contributed by atoms with E-state index in [-0.39, 0.29) is 6.04 Å². The third kappa shape index (κ3) is 13.5. The fourth-order valence-corrected chi connectivity index (χ4v) is 13.8. The predicted octanol–water partition coefficient (Wildman–Crippen LogP) is 20.9. The first-order valence-electron chi connectivity index (χ1n) is 32.2. The highest BCUT2D eigenvalue weighted by molar-refractivity contribution is 5.96. The highest BCUT2D eigenvalue weighted by Gasteiger charge is 2.36. The summed E-state index contributed by atoms with van der Waals surface area (Å²) in [6, 6.07) is 97.5. The van der Waals surface area contributed by atoms with Gasteiger partial charge in [0.15, 0.2) is 0 Å². The van der Waals surface area contributed by atoms with Gasteiger partial charge < -0.3 is 19.3 Å². The fraction of sp³-hybridized carbons (Fsp3) is 0.163. The standard InChI is InChI=1S/C38H32N2.C26H26N2.C22H24N2/c1-27(2)28-22-24-31(25-23-28)39-26-40-36(34-19-10-15-30-14-6-7-16-32(30)34)20-11-21-37(40)38(39)35-18-9-8-17-33(35)29-12-4-3-5-13-29;1-18-15-19(2)26(20(3)16-18)28(4)17-22-11-8-14-25(27-22)24-13-7-10-21-9-5-6-12-23(21)24;1-16-13-17(2)22(18(3)14-16)24(4)15-20-11-8-12-21(23-20)19-9-6-5-7-10-19/h3-27,38H,1-2H3;5-16H,17H2,1-4H3;5-14H,15H2,1-4H3. The molecule has 0 radical (unpaired) electrons. The summed E-state index contributed by atoms with van der Waals surface area (Å²) in [4.78, 5) is 16.9. The lowest BCUT2D eigenvalue weighted by atomic mass is 9.92. The van der Waals surface area contributed by atoms with Crippen molar-refractivity contribution in [1.82, 2.24) is 9.97 Å². The Morgan fingerprint density at radius 1 is 0.424 bits per heavy atom. The molecule has 0 saturated heterocycles. The number of aryl methyl sites for hydroxylation is 6. The Balaban J connectivity index is 0.000000139. The van der Waals surface area contributed by atoms with Crippen molar-refractivity contribution in [1.29, 1.82) is 0 Å². The lowest BCUT2D eigenvalue weighted by Crippen LogP contribution is -2.36. The summed E-state index contributed by atoms with van der Waals surface area (Å²) in [5.74, 6) is 0.496. The first-order valence-corrected chi connectivity index (χ1v) is 32.2. The Morgan fingerprint density at radius 3 is 1.45 bits per heavy atom. The van der Waals surface area contributed by atoms with Gasteiger partial charge in [-0.25, -0.2) is 0 Å². The summed E-state index contributed by atoms with van der Waals surface area (Å²) < 4.78 is 2.39. The third-order valence-corrected chi connectivity index (χ3v) is 17.7. The molecular weight excluding hydrogens is 1120 g/mol. The smallest absolute Gasteiger partial charge is 0.145 e. The molecule has 0 amide bonds. The number of nitrogens with zero attached hydrogens (tertiary/aromatic N) is 6. The molecule has 14 rings (SSSR count). The van der Waals surface area contributed by atoms with Crippen molar-refractivity contribution in [2.75, 3.05) is 28.8 Å². The van der Waals surface area contributed by atoms with Gasteiger partial charge in [0.1, 0.15) is 18.1 Å². The summed E-state index contributed by atoms with van der Waals surface area (Å²) in [7, 11) is 4.29. The van der Waals surface area contributed by atoms with Crippen LogP contribution < -0.4 is 19.3 Å².